The summed E-state index contributed by atoms with van der Waals surface area (Å²) in [7, 11) is 0. The average Bonchev–Trinajstić information content (AvgIpc) is 3.09. The van der Waals surface area contributed by atoms with E-state index in [2.05, 4.69) is 17.4 Å². The van der Waals surface area contributed by atoms with Crippen molar-refractivity contribution in [2.75, 3.05) is 6.79 Å². The van der Waals surface area contributed by atoms with Crippen LogP contribution in [-0.4, -0.2) is 24.8 Å². The van der Waals surface area contributed by atoms with Crippen molar-refractivity contribution in [2.24, 2.45) is 0 Å². The van der Waals surface area contributed by atoms with E-state index in [-0.39, 0.29) is 24.8 Å². The van der Waals surface area contributed by atoms with Crippen molar-refractivity contribution in [2.45, 2.75) is 45.8 Å². The molecule has 0 radical (unpaired) electrons. The van der Waals surface area contributed by atoms with Gasteiger partial charge in [-0.05, 0) is 63.4 Å². The van der Waals surface area contributed by atoms with E-state index >= 15 is 0 Å². The summed E-state index contributed by atoms with van der Waals surface area (Å²) in [6.07, 6.45) is 1.91. The van der Waals surface area contributed by atoms with E-state index in [0.717, 1.165) is 18.6 Å². The Labute approximate surface area is 154 Å². The number of hydrogen-bond acceptors (Lipinski definition) is 4. The van der Waals surface area contributed by atoms with Gasteiger partial charge in [0.2, 0.25) is 6.79 Å². The summed E-state index contributed by atoms with van der Waals surface area (Å²) in [5, 5.41) is 3.03. The van der Waals surface area contributed by atoms with Crippen LogP contribution < -0.4 is 19.5 Å². The molecule has 0 bridgehead atoms. The second-order valence-electron chi connectivity index (χ2n) is 6.76. The lowest BCUT2D eigenvalue weighted by Gasteiger charge is -2.15. The molecule has 26 heavy (non-hydrogen) atoms. The summed E-state index contributed by atoms with van der Waals surface area (Å²) in [4.78, 5) is 12.5. The zero-order chi connectivity index (χ0) is 18.5. The average molecular weight is 355 g/mol. The van der Waals surface area contributed by atoms with Gasteiger partial charge in [-0.1, -0.05) is 18.2 Å². The van der Waals surface area contributed by atoms with Crippen molar-refractivity contribution >= 4 is 5.91 Å². The van der Waals surface area contributed by atoms with E-state index in [4.69, 9.17) is 14.2 Å². The van der Waals surface area contributed by atoms with Gasteiger partial charge in [0.05, 0.1) is 11.7 Å². The first-order valence-corrected chi connectivity index (χ1v) is 8.98. The van der Waals surface area contributed by atoms with Crippen LogP contribution in [0.15, 0.2) is 42.5 Å². The lowest BCUT2D eigenvalue weighted by Crippen LogP contribution is -2.33. The predicted molar refractivity (Wildman–Crippen MR) is 100 cm³/mol. The zero-order valence-corrected chi connectivity index (χ0v) is 15.5. The van der Waals surface area contributed by atoms with Gasteiger partial charge in [0.1, 0.15) is 5.75 Å². The summed E-state index contributed by atoms with van der Waals surface area (Å²) < 4.78 is 16.4. The molecule has 2 aromatic rings. The van der Waals surface area contributed by atoms with Crippen LogP contribution in [0.1, 0.15) is 43.1 Å². The molecule has 0 aromatic heterocycles. The standard InChI is InChI=1S/C21H25NO4/c1-14(2)26-17-11-9-16(10-12-17)8-7-15(3)22-21(23)18-5-4-6-19-20(18)25-13-24-19/h4-6,9-12,14-15H,7-8,13H2,1-3H3,(H,22,23). The van der Waals surface area contributed by atoms with E-state index in [1.807, 2.05) is 32.9 Å². The van der Waals surface area contributed by atoms with Gasteiger partial charge in [-0.25, -0.2) is 0 Å². The minimum absolute atomic E-state index is 0.0484. The molecule has 5 nitrogen and oxygen atoms in total. The Morgan fingerprint density at radius 3 is 2.62 bits per heavy atom. The highest BCUT2D eigenvalue weighted by Gasteiger charge is 2.22. The Bertz CT molecular complexity index is 755. The largest absolute Gasteiger partial charge is 0.491 e. The van der Waals surface area contributed by atoms with Crippen molar-refractivity contribution in [1.29, 1.82) is 0 Å². The summed E-state index contributed by atoms with van der Waals surface area (Å²) in [6, 6.07) is 13.5. The van der Waals surface area contributed by atoms with Crippen LogP contribution in [0.5, 0.6) is 17.2 Å². The first-order valence-electron chi connectivity index (χ1n) is 8.98. The van der Waals surface area contributed by atoms with Crippen LogP contribution in [0, 0.1) is 0 Å². The number of carbonyl (C=O) groups is 1. The van der Waals surface area contributed by atoms with Gasteiger partial charge in [0.25, 0.3) is 5.91 Å². The van der Waals surface area contributed by atoms with Crippen LogP contribution in [0.25, 0.3) is 0 Å². The zero-order valence-electron chi connectivity index (χ0n) is 15.5. The Kier molecular flexibility index (Phi) is 5.66. The van der Waals surface area contributed by atoms with Crippen molar-refractivity contribution in [3.63, 3.8) is 0 Å². The molecule has 2 aromatic carbocycles. The third-order valence-corrected chi connectivity index (χ3v) is 4.18. The number of ether oxygens (including phenoxy) is 3. The molecule has 0 fully saturated rings. The van der Waals surface area contributed by atoms with E-state index < -0.39 is 0 Å². The molecule has 138 valence electrons. The van der Waals surface area contributed by atoms with Gasteiger partial charge < -0.3 is 19.5 Å². The number of nitrogens with one attached hydrogen (secondary N) is 1. The van der Waals surface area contributed by atoms with Crippen molar-refractivity contribution in [3.05, 3.63) is 53.6 Å². The molecule has 1 atom stereocenters. The van der Waals surface area contributed by atoms with E-state index in [9.17, 15) is 4.79 Å². The molecule has 0 saturated heterocycles. The van der Waals surface area contributed by atoms with Gasteiger partial charge in [-0.15, -0.1) is 0 Å². The van der Waals surface area contributed by atoms with E-state index in [1.165, 1.54) is 5.56 Å². The molecular formula is C21H25NO4. The van der Waals surface area contributed by atoms with Crippen LogP contribution in [0.2, 0.25) is 0 Å². The third kappa shape index (κ3) is 4.48. The van der Waals surface area contributed by atoms with Crippen molar-refractivity contribution in [3.8, 4) is 17.2 Å². The summed E-state index contributed by atoms with van der Waals surface area (Å²) in [6.45, 7) is 6.19. The number of hydrogen-bond donors (Lipinski definition) is 1. The van der Waals surface area contributed by atoms with Gasteiger partial charge in [-0.2, -0.15) is 0 Å². The van der Waals surface area contributed by atoms with Gasteiger partial charge >= 0.3 is 0 Å². The number of aryl methyl sites for hydroxylation is 1. The minimum atomic E-state index is -0.138. The first kappa shape index (κ1) is 18.1. The van der Waals surface area contributed by atoms with E-state index in [1.54, 1.807) is 18.2 Å². The number of rotatable bonds is 7. The number of fused-ring (bicyclic) bond motifs is 1. The normalized spacial score (nSPS) is 13.5. The molecule has 1 heterocycles. The highest BCUT2D eigenvalue weighted by Crippen LogP contribution is 2.35. The minimum Gasteiger partial charge on any atom is -0.491 e. The van der Waals surface area contributed by atoms with E-state index in [0.29, 0.717) is 17.1 Å². The monoisotopic (exact) mass is 355 g/mol. The Morgan fingerprint density at radius 2 is 1.88 bits per heavy atom. The van der Waals surface area contributed by atoms with Gasteiger partial charge in [-0.3, -0.25) is 4.79 Å². The topological polar surface area (TPSA) is 56.8 Å². The molecule has 0 saturated carbocycles. The Balaban J connectivity index is 1.52. The summed E-state index contributed by atoms with van der Waals surface area (Å²) in [5.41, 5.74) is 1.74. The Hall–Kier alpha value is -2.69. The highest BCUT2D eigenvalue weighted by atomic mass is 16.7. The second-order valence-corrected chi connectivity index (χ2v) is 6.76. The maximum absolute atomic E-state index is 12.5. The molecule has 1 aliphatic heterocycles. The van der Waals surface area contributed by atoms with Gasteiger partial charge in [0, 0.05) is 6.04 Å². The molecule has 1 aliphatic rings. The fraction of sp³-hybridized carbons (Fsp3) is 0.381. The van der Waals surface area contributed by atoms with Crippen molar-refractivity contribution < 1.29 is 19.0 Å². The lowest BCUT2D eigenvalue weighted by molar-refractivity contribution is 0.0933. The summed E-state index contributed by atoms with van der Waals surface area (Å²) >= 11 is 0. The summed E-state index contributed by atoms with van der Waals surface area (Å²) in [5.74, 6) is 1.89. The van der Waals surface area contributed by atoms with Crippen molar-refractivity contribution in [1.82, 2.24) is 5.32 Å². The van der Waals surface area contributed by atoms with Crippen LogP contribution >= 0.6 is 0 Å². The number of carbonyl (C=O) groups excluding carboxylic acids is 1. The maximum Gasteiger partial charge on any atom is 0.255 e. The highest BCUT2D eigenvalue weighted by molar-refractivity contribution is 5.98. The van der Waals surface area contributed by atoms with Crippen LogP contribution in [0.3, 0.4) is 0 Å². The number of para-hydroxylation sites is 1. The molecule has 0 spiro atoms. The molecule has 3 rings (SSSR count). The predicted octanol–water partition coefficient (Wildman–Crippen LogP) is 3.95. The number of amides is 1. The fourth-order valence-electron chi connectivity index (χ4n) is 2.87. The SMILES string of the molecule is CC(CCc1ccc(OC(C)C)cc1)NC(=O)c1cccc2c1OCO2. The molecule has 5 heteroatoms. The lowest BCUT2D eigenvalue weighted by atomic mass is 10.1. The molecule has 1 N–H and O–H groups in total. The maximum atomic E-state index is 12.5. The fourth-order valence-corrected chi connectivity index (χ4v) is 2.87. The smallest absolute Gasteiger partial charge is 0.255 e. The molecule has 1 amide bonds. The molecular weight excluding hydrogens is 330 g/mol. The third-order valence-electron chi connectivity index (χ3n) is 4.18. The second kappa shape index (κ2) is 8.13. The van der Waals surface area contributed by atoms with Crippen LogP contribution in [0.4, 0.5) is 0 Å². The molecule has 0 aliphatic carbocycles. The Morgan fingerprint density at radius 1 is 1.12 bits per heavy atom. The molecule has 1 unspecified atom stereocenters. The first-order chi connectivity index (χ1) is 12.5. The van der Waals surface area contributed by atoms with Gasteiger partial charge in [0.15, 0.2) is 11.5 Å². The quantitative estimate of drug-likeness (QED) is 0.817. The van der Waals surface area contributed by atoms with Crippen LogP contribution in [-0.2, 0) is 6.42 Å². The number of benzene rings is 2.